The van der Waals surface area contributed by atoms with Crippen LogP contribution in [0.15, 0.2) is 18.2 Å². The molecule has 0 bridgehead atoms. The van der Waals surface area contributed by atoms with Crippen molar-refractivity contribution in [1.82, 2.24) is 10.2 Å². The number of nitrogens with one attached hydrogen (secondary N) is 1. The van der Waals surface area contributed by atoms with Gasteiger partial charge in [0.15, 0.2) is 11.5 Å². The number of ether oxygens (including phenoxy) is 2. The van der Waals surface area contributed by atoms with Crippen LogP contribution in [-0.2, 0) is 6.54 Å². The number of nitrogens with zero attached hydrogens (tertiary/aromatic N) is 1. The van der Waals surface area contributed by atoms with Crippen molar-refractivity contribution in [2.75, 3.05) is 32.8 Å². The third kappa shape index (κ3) is 3.89. The van der Waals surface area contributed by atoms with Crippen molar-refractivity contribution in [2.45, 2.75) is 38.8 Å². The normalized spacial score (nSPS) is 21.0. The highest BCUT2D eigenvalue weighted by atomic mass is 16.6. The van der Waals surface area contributed by atoms with Gasteiger partial charge in [-0.05, 0) is 50.0 Å². The Morgan fingerprint density at radius 1 is 1.24 bits per heavy atom. The van der Waals surface area contributed by atoms with E-state index in [0.717, 1.165) is 31.1 Å². The zero-order valence-electron chi connectivity index (χ0n) is 12.9. The van der Waals surface area contributed by atoms with Gasteiger partial charge in [-0.25, -0.2) is 0 Å². The standard InChI is InChI=1S/C17H26N2O2/c1-2-8-19(13-15-4-3-7-18-15)12-14-5-6-16-17(11-14)21-10-9-20-16/h5-6,11,15,18H,2-4,7-10,12-13H2,1H3. The highest BCUT2D eigenvalue weighted by Gasteiger charge is 2.18. The average Bonchev–Trinajstić information content (AvgIpc) is 3.00. The molecule has 1 aromatic rings. The van der Waals surface area contributed by atoms with E-state index in [1.54, 1.807) is 0 Å². The highest BCUT2D eigenvalue weighted by molar-refractivity contribution is 5.43. The number of hydrogen-bond acceptors (Lipinski definition) is 4. The SMILES string of the molecule is CCCN(Cc1ccc2c(c1)OCCO2)CC1CCCN1. The van der Waals surface area contributed by atoms with Crippen LogP contribution in [-0.4, -0.2) is 43.8 Å². The van der Waals surface area contributed by atoms with Gasteiger partial charge >= 0.3 is 0 Å². The molecule has 0 saturated carbocycles. The summed E-state index contributed by atoms with van der Waals surface area (Å²) in [5.41, 5.74) is 1.31. The van der Waals surface area contributed by atoms with Crippen LogP contribution in [0.4, 0.5) is 0 Å². The zero-order chi connectivity index (χ0) is 14.5. The second-order valence-corrected chi connectivity index (χ2v) is 6.01. The quantitative estimate of drug-likeness (QED) is 0.872. The van der Waals surface area contributed by atoms with Gasteiger partial charge in [0, 0.05) is 19.1 Å². The Hall–Kier alpha value is -1.26. The molecule has 0 radical (unpaired) electrons. The van der Waals surface area contributed by atoms with Gasteiger partial charge in [-0.3, -0.25) is 4.90 Å². The molecule has 2 aliphatic heterocycles. The molecule has 2 heterocycles. The first kappa shape index (κ1) is 14.7. The van der Waals surface area contributed by atoms with E-state index in [0.29, 0.717) is 19.3 Å². The van der Waals surface area contributed by atoms with Crippen molar-refractivity contribution in [3.63, 3.8) is 0 Å². The minimum atomic E-state index is 0.654. The first-order chi connectivity index (χ1) is 10.3. The number of hydrogen-bond donors (Lipinski definition) is 1. The molecular formula is C17H26N2O2. The Bertz CT molecular complexity index is 458. The molecule has 0 aliphatic carbocycles. The second-order valence-electron chi connectivity index (χ2n) is 6.01. The molecule has 0 aromatic heterocycles. The van der Waals surface area contributed by atoms with Gasteiger partial charge in [-0.2, -0.15) is 0 Å². The van der Waals surface area contributed by atoms with Gasteiger partial charge in [0.1, 0.15) is 13.2 Å². The number of fused-ring (bicyclic) bond motifs is 1. The summed E-state index contributed by atoms with van der Waals surface area (Å²) in [6.45, 7) is 8.01. The van der Waals surface area contributed by atoms with E-state index < -0.39 is 0 Å². The van der Waals surface area contributed by atoms with Crippen molar-refractivity contribution in [2.24, 2.45) is 0 Å². The highest BCUT2D eigenvalue weighted by Crippen LogP contribution is 2.31. The first-order valence-corrected chi connectivity index (χ1v) is 8.19. The maximum atomic E-state index is 5.68. The average molecular weight is 290 g/mol. The van der Waals surface area contributed by atoms with E-state index in [1.165, 1.54) is 31.4 Å². The summed E-state index contributed by atoms with van der Waals surface area (Å²) in [6.07, 6.45) is 3.81. The first-order valence-electron chi connectivity index (χ1n) is 8.19. The Morgan fingerprint density at radius 3 is 2.86 bits per heavy atom. The van der Waals surface area contributed by atoms with Gasteiger partial charge in [0.05, 0.1) is 0 Å². The van der Waals surface area contributed by atoms with E-state index in [-0.39, 0.29) is 0 Å². The Balaban J connectivity index is 1.63. The van der Waals surface area contributed by atoms with Gasteiger partial charge in [-0.15, -0.1) is 0 Å². The lowest BCUT2D eigenvalue weighted by Gasteiger charge is -2.26. The van der Waals surface area contributed by atoms with Crippen molar-refractivity contribution < 1.29 is 9.47 Å². The van der Waals surface area contributed by atoms with Crippen molar-refractivity contribution >= 4 is 0 Å². The molecule has 4 nitrogen and oxygen atoms in total. The zero-order valence-corrected chi connectivity index (χ0v) is 12.9. The molecule has 1 aromatic carbocycles. The van der Waals surface area contributed by atoms with Crippen LogP contribution in [0.3, 0.4) is 0 Å². The number of benzene rings is 1. The summed E-state index contributed by atoms with van der Waals surface area (Å²) < 4.78 is 11.3. The molecule has 1 atom stereocenters. The summed E-state index contributed by atoms with van der Waals surface area (Å²) >= 11 is 0. The smallest absolute Gasteiger partial charge is 0.161 e. The second kappa shape index (κ2) is 7.14. The largest absolute Gasteiger partial charge is 0.486 e. The minimum absolute atomic E-state index is 0.654. The van der Waals surface area contributed by atoms with Gasteiger partial charge in [0.25, 0.3) is 0 Å². The van der Waals surface area contributed by atoms with Crippen LogP contribution in [0.5, 0.6) is 11.5 Å². The Labute approximate surface area is 127 Å². The Morgan fingerprint density at radius 2 is 2.10 bits per heavy atom. The van der Waals surface area contributed by atoms with E-state index >= 15 is 0 Å². The van der Waals surface area contributed by atoms with Crippen LogP contribution in [0.2, 0.25) is 0 Å². The van der Waals surface area contributed by atoms with E-state index in [4.69, 9.17) is 9.47 Å². The fourth-order valence-electron chi connectivity index (χ4n) is 3.22. The van der Waals surface area contributed by atoms with Gasteiger partial charge in [-0.1, -0.05) is 13.0 Å². The summed E-state index contributed by atoms with van der Waals surface area (Å²) in [5, 5.41) is 3.59. The molecule has 1 fully saturated rings. The molecule has 1 N–H and O–H groups in total. The molecule has 3 rings (SSSR count). The third-order valence-corrected chi connectivity index (χ3v) is 4.19. The van der Waals surface area contributed by atoms with Crippen molar-refractivity contribution in [1.29, 1.82) is 0 Å². The monoisotopic (exact) mass is 290 g/mol. The van der Waals surface area contributed by atoms with Crippen molar-refractivity contribution in [3.05, 3.63) is 23.8 Å². The lowest BCUT2D eigenvalue weighted by molar-refractivity contribution is 0.171. The molecule has 0 amide bonds. The van der Waals surface area contributed by atoms with Gasteiger partial charge < -0.3 is 14.8 Å². The fraction of sp³-hybridized carbons (Fsp3) is 0.647. The van der Waals surface area contributed by atoms with Crippen LogP contribution < -0.4 is 14.8 Å². The summed E-state index contributed by atoms with van der Waals surface area (Å²) in [6, 6.07) is 7.01. The summed E-state index contributed by atoms with van der Waals surface area (Å²) in [7, 11) is 0. The summed E-state index contributed by atoms with van der Waals surface area (Å²) in [5.74, 6) is 1.78. The van der Waals surface area contributed by atoms with Crippen molar-refractivity contribution in [3.8, 4) is 11.5 Å². The summed E-state index contributed by atoms with van der Waals surface area (Å²) in [4.78, 5) is 2.55. The molecule has 2 aliphatic rings. The molecule has 116 valence electrons. The fourth-order valence-corrected chi connectivity index (χ4v) is 3.22. The maximum absolute atomic E-state index is 5.68. The predicted octanol–water partition coefficient (Wildman–Crippen LogP) is 2.42. The molecule has 1 unspecified atom stereocenters. The molecule has 21 heavy (non-hydrogen) atoms. The van der Waals surface area contributed by atoms with Gasteiger partial charge in [0.2, 0.25) is 0 Å². The van der Waals surface area contributed by atoms with E-state index in [9.17, 15) is 0 Å². The molecule has 1 saturated heterocycles. The molecule has 0 spiro atoms. The lowest BCUT2D eigenvalue weighted by Crippen LogP contribution is -2.37. The number of rotatable bonds is 6. The van der Waals surface area contributed by atoms with E-state index in [2.05, 4.69) is 29.3 Å². The van der Waals surface area contributed by atoms with Crippen LogP contribution in [0.25, 0.3) is 0 Å². The minimum Gasteiger partial charge on any atom is -0.486 e. The topological polar surface area (TPSA) is 33.7 Å². The van der Waals surface area contributed by atoms with E-state index in [1.807, 2.05) is 6.07 Å². The molecule has 4 heteroatoms. The molecular weight excluding hydrogens is 264 g/mol. The maximum Gasteiger partial charge on any atom is 0.161 e. The van der Waals surface area contributed by atoms with Crippen LogP contribution in [0, 0.1) is 0 Å². The predicted molar refractivity (Wildman–Crippen MR) is 84.0 cm³/mol. The lowest BCUT2D eigenvalue weighted by atomic mass is 10.1. The van der Waals surface area contributed by atoms with Crippen LogP contribution >= 0.6 is 0 Å². The van der Waals surface area contributed by atoms with Crippen LogP contribution in [0.1, 0.15) is 31.7 Å². The Kier molecular flexibility index (Phi) is 4.99. The third-order valence-electron chi connectivity index (χ3n) is 4.19.